The van der Waals surface area contributed by atoms with E-state index in [9.17, 15) is 4.79 Å². The van der Waals surface area contributed by atoms with E-state index in [1.165, 1.54) is 31.9 Å². The number of furan rings is 1. The molecule has 2 fully saturated rings. The van der Waals surface area contributed by atoms with Gasteiger partial charge in [-0.25, -0.2) is 4.98 Å². The highest BCUT2D eigenvalue weighted by molar-refractivity contribution is 5.92. The monoisotopic (exact) mass is 391 g/mol. The number of fused-ring (bicyclic) bond motifs is 1. The van der Waals surface area contributed by atoms with Crippen molar-refractivity contribution in [3.63, 3.8) is 0 Å². The van der Waals surface area contributed by atoms with E-state index >= 15 is 0 Å². The van der Waals surface area contributed by atoms with Gasteiger partial charge in [0.1, 0.15) is 5.82 Å². The average molecular weight is 391 g/mol. The lowest BCUT2D eigenvalue weighted by Crippen LogP contribution is -2.49. The van der Waals surface area contributed by atoms with Crippen LogP contribution in [0, 0.1) is 0 Å². The third-order valence-electron chi connectivity index (χ3n) is 5.87. The highest BCUT2D eigenvalue weighted by Gasteiger charge is 2.26. The van der Waals surface area contributed by atoms with Gasteiger partial charge in [0.15, 0.2) is 5.76 Å². The van der Waals surface area contributed by atoms with E-state index in [-0.39, 0.29) is 5.91 Å². The number of benzene rings is 1. The van der Waals surface area contributed by atoms with E-state index in [4.69, 9.17) is 14.4 Å². The van der Waals surface area contributed by atoms with Crippen LogP contribution in [0.4, 0.5) is 11.8 Å². The predicted octanol–water partition coefficient (Wildman–Crippen LogP) is 3.54. The van der Waals surface area contributed by atoms with Crippen LogP contribution in [0.15, 0.2) is 47.1 Å². The molecule has 0 spiro atoms. The van der Waals surface area contributed by atoms with Gasteiger partial charge in [-0.05, 0) is 37.1 Å². The lowest BCUT2D eigenvalue weighted by atomic mass is 10.2. The Bertz CT molecular complexity index is 990. The third-order valence-corrected chi connectivity index (χ3v) is 5.87. The van der Waals surface area contributed by atoms with Gasteiger partial charge in [-0.1, -0.05) is 25.0 Å². The molecule has 3 heterocycles. The van der Waals surface area contributed by atoms with Crippen molar-refractivity contribution >= 4 is 28.6 Å². The van der Waals surface area contributed by atoms with Gasteiger partial charge in [0.05, 0.1) is 11.8 Å². The van der Waals surface area contributed by atoms with E-state index in [2.05, 4.69) is 16.3 Å². The fourth-order valence-corrected chi connectivity index (χ4v) is 4.24. The van der Waals surface area contributed by atoms with Crippen molar-refractivity contribution < 1.29 is 9.21 Å². The second-order valence-electron chi connectivity index (χ2n) is 7.77. The van der Waals surface area contributed by atoms with Crippen molar-refractivity contribution in [1.29, 1.82) is 0 Å². The molecule has 7 heteroatoms. The lowest BCUT2D eigenvalue weighted by Gasteiger charge is -2.34. The number of hydrogen-bond acceptors (Lipinski definition) is 6. The van der Waals surface area contributed by atoms with Gasteiger partial charge in [0, 0.05) is 37.6 Å². The van der Waals surface area contributed by atoms with Crippen LogP contribution in [0.25, 0.3) is 10.9 Å². The molecular weight excluding hydrogens is 366 g/mol. The smallest absolute Gasteiger partial charge is 0.289 e. The van der Waals surface area contributed by atoms with E-state index in [1.807, 2.05) is 23.1 Å². The summed E-state index contributed by atoms with van der Waals surface area (Å²) in [5.74, 6) is 1.99. The molecule has 2 aromatic heterocycles. The number of piperazine rings is 1. The van der Waals surface area contributed by atoms with Gasteiger partial charge < -0.3 is 19.5 Å². The highest BCUT2D eigenvalue weighted by atomic mass is 16.3. The van der Waals surface area contributed by atoms with Crippen LogP contribution in [0.1, 0.15) is 36.2 Å². The molecule has 1 aromatic carbocycles. The molecule has 5 rings (SSSR count). The number of carbonyl (C=O) groups is 1. The molecule has 0 atom stereocenters. The summed E-state index contributed by atoms with van der Waals surface area (Å²) in [5, 5.41) is 4.72. The zero-order valence-corrected chi connectivity index (χ0v) is 16.4. The molecule has 0 radical (unpaired) electrons. The number of rotatable bonds is 4. The molecule has 1 saturated carbocycles. The molecule has 150 valence electrons. The van der Waals surface area contributed by atoms with E-state index in [0.717, 1.165) is 22.7 Å². The van der Waals surface area contributed by atoms with Gasteiger partial charge in [0.25, 0.3) is 5.91 Å². The second-order valence-corrected chi connectivity index (χ2v) is 7.77. The number of amides is 1. The maximum atomic E-state index is 12.5. The Morgan fingerprint density at radius 3 is 2.55 bits per heavy atom. The molecule has 1 amide bonds. The zero-order chi connectivity index (χ0) is 19.6. The number of hydrogen-bond donors (Lipinski definition) is 1. The molecule has 2 aliphatic rings. The van der Waals surface area contributed by atoms with Gasteiger partial charge in [-0.3, -0.25) is 4.79 Å². The minimum atomic E-state index is -0.0577. The van der Waals surface area contributed by atoms with E-state index < -0.39 is 0 Å². The van der Waals surface area contributed by atoms with Crippen LogP contribution in [-0.2, 0) is 0 Å². The van der Waals surface area contributed by atoms with Crippen LogP contribution in [-0.4, -0.2) is 53.0 Å². The third kappa shape index (κ3) is 3.64. The van der Waals surface area contributed by atoms with Crippen LogP contribution < -0.4 is 10.2 Å². The van der Waals surface area contributed by atoms with Crippen molar-refractivity contribution in [3.8, 4) is 0 Å². The molecule has 7 nitrogen and oxygen atoms in total. The molecule has 1 saturated heterocycles. The Kier molecular flexibility index (Phi) is 4.79. The Morgan fingerprint density at radius 2 is 1.79 bits per heavy atom. The van der Waals surface area contributed by atoms with Crippen LogP contribution in [0.2, 0.25) is 0 Å². The van der Waals surface area contributed by atoms with Gasteiger partial charge in [-0.2, -0.15) is 4.98 Å². The van der Waals surface area contributed by atoms with Crippen molar-refractivity contribution in [2.24, 2.45) is 0 Å². The van der Waals surface area contributed by atoms with Crippen molar-refractivity contribution in [1.82, 2.24) is 14.9 Å². The molecular formula is C22H25N5O2. The standard InChI is InChI=1S/C22H25N5O2/c28-21(19-10-5-15-29-19)26-11-13-27(14-12-26)22-24-18-9-4-3-8-17(18)20(25-22)23-16-6-1-2-7-16/h3-5,8-10,15-16H,1-2,6-7,11-14H2,(H,23,24,25). The Hall–Kier alpha value is -3.09. The summed E-state index contributed by atoms with van der Waals surface area (Å²) in [6.07, 6.45) is 6.48. The molecule has 1 N–H and O–H groups in total. The Balaban J connectivity index is 1.35. The van der Waals surface area contributed by atoms with Gasteiger partial charge >= 0.3 is 0 Å². The molecule has 0 unspecified atom stereocenters. The number of para-hydroxylation sites is 1. The van der Waals surface area contributed by atoms with Gasteiger partial charge in [-0.15, -0.1) is 0 Å². The summed E-state index contributed by atoms with van der Waals surface area (Å²) in [4.78, 5) is 26.2. The Morgan fingerprint density at radius 1 is 1.00 bits per heavy atom. The minimum absolute atomic E-state index is 0.0577. The summed E-state index contributed by atoms with van der Waals surface area (Å²) >= 11 is 0. The summed E-state index contributed by atoms with van der Waals surface area (Å²) in [7, 11) is 0. The fourth-order valence-electron chi connectivity index (χ4n) is 4.24. The largest absolute Gasteiger partial charge is 0.459 e. The van der Waals surface area contributed by atoms with Crippen molar-refractivity contribution in [2.75, 3.05) is 36.4 Å². The number of nitrogens with one attached hydrogen (secondary N) is 1. The minimum Gasteiger partial charge on any atom is -0.459 e. The first-order valence-electron chi connectivity index (χ1n) is 10.4. The van der Waals surface area contributed by atoms with Crippen LogP contribution >= 0.6 is 0 Å². The van der Waals surface area contributed by atoms with Crippen molar-refractivity contribution in [2.45, 2.75) is 31.7 Å². The number of nitrogens with zero attached hydrogens (tertiary/aromatic N) is 4. The van der Waals surface area contributed by atoms with Gasteiger partial charge in [0.2, 0.25) is 5.95 Å². The summed E-state index contributed by atoms with van der Waals surface area (Å²) in [6, 6.07) is 12.1. The zero-order valence-electron chi connectivity index (χ0n) is 16.4. The van der Waals surface area contributed by atoms with Crippen molar-refractivity contribution in [3.05, 3.63) is 48.4 Å². The molecule has 3 aromatic rings. The highest BCUT2D eigenvalue weighted by Crippen LogP contribution is 2.28. The average Bonchev–Trinajstić information content (AvgIpc) is 3.48. The number of anilines is 2. The predicted molar refractivity (Wildman–Crippen MR) is 112 cm³/mol. The quantitative estimate of drug-likeness (QED) is 0.733. The van der Waals surface area contributed by atoms with E-state index in [1.54, 1.807) is 12.1 Å². The fraction of sp³-hybridized carbons (Fsp3) is 0.409. The summed E-state index contributed by atoms with van der Waals surface area (Å²) in [5.41, 5.74) is 0.951. The maximum Gasteiger partial charge on any atom is 0.289 e. The molecule has 29 heavy (non-hydrogen) atoms. The molecule has 0 bridgehead atoms. The summed E-state index contributed by atoms with van der Waals surface area (Å²) in [6.45, 7) is 2.66. The lowest BCUT2D eigenvalue weighted by molar-refractivity contribution is 0.0714. The molecule has 1 aliphatic heterocycles. The van der Waals surface area contributed by atoms with E-state index in [0.29, 0.717) is 38.0 Å². The number of aromatic nitrogens is 2. The normalized spacial score (nSPS) is 17.8. The first-order chi connectivity index (χ1) is 14.3. The molecule has 1 aliphatic carbocycles. The first kappa shape index (κ1) is 18.0. The van der Waals surface area contributed by atoms with Crippen LogP contribution in [0.5, 0.6) is 0 Å². The topological polar surface area (TPSA) is 74.5 Å². The SMILES string of the molecule is O=C(c1ccco1)N1CCN(c2nc(NC3CCCC3)c3ccccc3n2)CC1. The van der Waals surface area contributed by atoms with Crippen LogP contribution in [0.3, 0.4) is 0 Å². The first-order valence-corrected chi connectivity index (χ1v) is 10.4. The summed E-state index contributed by atoms with van der Waals surface area (Å²) < 4.78 is 5.25. The maximum absolute atomic E-state index is 12.5. The Labute approximate surface area is 169 Å². The second kappa shape index (κ2) is 7.73. The number of carbonyl (C=O) groups excluding carboxylic acids is 1.